The lowest BCUT2D eigenvalue weighted by Gasteiger charge is -2.18. The van der Waals surface area contributed by atoms with Gasteiger partial charge in [-0.15, -0.1) is 0 Å². The first-order valence-electron chi connectivity index (χ1n) is 8.25. The number of halogens is 1. The predicted octanol–water partition coefficient (Wildman–Crippen LogP) is 4.71. The van der Waals surface area contributed by atoms with Crippen molar-refractivity contribution in [3.63, 3.8) is 0 Å². The summed E-state index contributed by atoms with van der Waals surface area (Å²) in [5.74, 6) is 0.138. The van der Waals surface area contributed by atoms with E-state index in [1.54, 1.807) is 31.6 Å². The Morgan fingerprint density at radius 2 is 1.88 bits per heavy atom. The molecule has 3 aromatic rings. The third-order valence-corrected chi connectivity index (χ3v) is 4.37. The first-order chi connectivity index (χ1) is 12.7. The van der Waals surface area contributed by atoms with Crippen molar-refractivity contribution in [1.82, 2.24) is 4.98 Å². The number of amides is 1. The number of methoxy groups -OCH3 is 1. The lowest BCUT2D eigenvalue weighted by atomic mass is 9.91. The van der Waals surface area contributed by atoms with Crippen molar-refractivity contribution in [3.05, 3.63) is 89.2 Å². The molecule has 0 aliphatic carbocycles. The van der Waals surface area contributed by atoms with E-state index in [-0.39, 0.29) is 11.8 Å². The van der Waals surface area contributed by atoms with Crippen molar-refractivity contribution in [2.24, 2.45) is 0 Å². The van der Waals surface area contributed by atoms with E-state index in [4.69, 9.17) is 16.3 Å². The summed E-state index contributed by atoms with van der Waals surface area (Å²) in [5.41, 5.74) is 2.53. The molecule has 3 rings (SSSR count). The fraction of sp³-hybridized carbons (Fsp3) is 0.143. The van der Waals surface area contributed by atoms with Gasteiger partial charge < -0.3 is 10.1 Å². The van der Waals surface area contributed by atoms with Gasteiger partial charge >= 0.3 is 0 Å². The number of carbonyl (C=O) groups is 1. The van der Waals surface area contributed by atoms with Crippen molar-refractivity contribution in [2.45, 2.75) is 12.3 Å². The van der Waals surface area contributed by atoms with E-state index in [1.807, 2.05) is 48.5 Å². The van der Waals surface area contributed by atoms with E-state index in [2.05, 4.69) is 10.3 Å². The standard InChI is InChI=1S/C21H19ClN2O2/c1-26-20-7-3-2-6-19(20)24-21(25)18(13-15-5-4-12-23-14-15)16-8-10-17(22)11-9-16/h2-12,14,18H,13H2,1H3,(H,24,25). The molecule has 0 aliphatic heterocycles. The van der Waals surface area contributed by atoms with Crippen LogP contribution in [0.4, 0.5) is 5.69 Å². The number of para-hydroxylation sites is 2. The van der Waals surface area contributed by atoms with Crippen LogP contribution in [0.2, 0.25) is 5.02 Å². The fourth-order valence-corrected chi connectivity index (χ4v) is 2.91. The molecule has 0 fully saturated rings. The lowest BCUT2D eigenvalue weighted by molar-refractivity contribution is -0.117. The molecular weight excluding hydrogens is 348 g/mol. The molecule has 0 spiro atoms. The zero-order valence-corrected chi connectivity index (χ0v) is 15.1. The summed E-state index contributed by atoms with van der Waals surface area (Å²) in [6, 6.07) is 18.5. The highest BCUT2D eigenvalue weighted by molar-refractivity contribution is 6.30. The molecule has 0 radical (unpaired) electrons. The molecule has 0 bridgehead atoms. The quantitative estimate of drug-likeness (QED) is 0.687. The molecule has 1 aromatic heterocycles. The number of ether oxygens (including phenoxy) is 1. The number of carbonyl (C=O) groups excluding carboxylic acids is 1. The van der Waals surface area contributed by atoms with Crippen molar-refractivity contribution >= 4 is 23.2 Å². The first-order valence-corrected chi connectivity index (χ1v) is 8.63. The van der Waals surface area contributed by atoms with E-state index in [0.717, 1.165) is 11.1 Å². The topological polar surface area (TPSA) is 51.2 Å². The average Bonchev–Trinajstić information content (AvgIpc) is 2.68. The van der Waals surface area contributed by atoms with Gasteiger partial charge in [0, 0.05) is 17.4 Å². The number of rotatable bonds is 6. The molecule has 1 unspecified atom stereocenters. The summed E-state index contributed by atoms with van der Waals surface area (Å²) >= 11 is 6.00. The molecule has 0 saturated carbocycles. The summed E-state index contributed by atoms with van der Waals surface area (Å²) in [6.07, 6.45) is 4.03. The number of anilines is 1. The van der Waals surface area contributed by atoms with E-state index in [9.17, 15) is 4.79 Å². The summed E-state index contributed by atoms with van der Waals surface area (Å²) in [4.78, 5) is 17.2. The number of pyridine rings is 1. The maximum absolute atomic E-state index is 13.1. The minimum absolute atomic E-state index is 0.110. The molecule has 1 N–H and O–H groups in total. The van der Waals surface area contributed by atoms with Crippen LogP contribution in [0.25, 0.3) is 0 Å². The number of hydrogen-bond donors (Lipinski definition) is 1. The smallest absolute Gasteiger partial charge is 0.232 e. The second-order valence-electron chi connectivity index (χ2n) is 5.86. The minimum Gasteiger partial charge on any atom is -0.495 e. The Labute approximate surface area is 157 Å². The normalized spacial score (nSPS) is 11.6. The molecule has 0 saturated heterocycles. The molecule has 132 valence electrons. The highest BCUT2D eigenvalue weighted by atomic mass is 35.5. The molecule has 1 heterocycles. The zero-order valence-electron chi connectivity index (χ0n) is 14.4. The van der Waals surface area contributed by atoms with Crippen LogP contribution in [-0.2, 0) is 11.2 Å². The number of nitrogens with one attached hydrogen (secondary N) is 1. The van der Waals surface area contributed by atoms with Crippen molar-refractivity contribution in [3.8, 4) is 5.75 Å². The average molecular weight is 367 g/mol. The van der Waals surface area contributed by atoms with Gasteiger partial charge in [-0.2, -0.15) is 0 Å². The summed E-state index contributed by atoms with van der Waals surface area (Å²) in [7, 11) is 1.58. The Morgan fingerprint density at radius 3 is 2.58 bits per heavy atom. The molecule has 1 atom stereocenters. The SMILES string of the molecule is COc1ccccc1NC(=O)C(Cc1cccnc1)c1ccc(Cl)cc1. The number of benzene rings is 2. The van der Waals surface area contributed by atoms with Gasteiger partial charge in [-0.3, -0.25) is 9.78 Å². The van der Waals surface area contributed by atoms with Crippen LogP contribution in [0.5, 0.6) is 5.75 Å². The minimum atomic E-state index is -0.374. The third-order valence-electron chi connectivity index (χ3n) is 4.12. The number of hydrogen-bond acceptors (Lipinski definition) is 3. The maximum atomic E-state index is 13.1. The van der Waals surface area contributed by atoms with Crippen molar-refractivity contribution in [2.75, 3.05) is 12.4 Å². The van der Waals surface area contributed by atoms with Crippen LogP contribution in [0, 0.1) is 0 Å². The molecule has 26 heavy (non-hydrogen) atoms. The second-order valence-corrected chi connectivity index (χ2v) is 6.30. The van der Waals surface area contributed by atoms with Gasteiger partial charge in [0.25, 0.3) is 0 Å². The van der Waals surface area contributed by atoms with E-state index < -0.39 is 0 Å². The van der Waals surface area contributed by atoms with Gasteiger partial charge in [0.05, 0.1) is 18.7 Å². The molecule has 2 aromatic carbocycles. The van der Waals surface area contributed by atoms with Crippen LogP contribution in [0.15, 0.2) is 73.1 Å². The number of aromatic nitrogens is 1. The van der Waals surface area contributed by atoms with Crippen molar-refractivity contribution in [1.29, 1.82) is 0 Å². The Bertz CT molecular complexity index is 867. The molecular formula is C21H19ClN2O2. The van der Waals surface area contributed by atoms with Gasteiger partial charge in [-0.1, -0.05) is 41.9 Å². The lowest BCUT2D eigenvalue weighted by Crippen LogP contribution is -2.23. The summed E-state index contributed by atoms with van der Waals surface area (Å²) in [5, 5.41) is 3.62. The van der Waals surface area contributed by atoms with Crippen molar-refractivity contribution < 1.29 is 9.53 Å². The van der Waals surface area contributed by atoms with Crippen LogP contribution >= 0.6 is 11.6 Å². The van der Waals surface area contributed by atoms with E-state index >= 15 is 0 Å². The van der Waals surface area contributed by atoms with Crippen LogP contribution in [0.1, 0.15) is 17.0 Å². The molecule has 4 nitrogen and oxygen atoms in total. The van der Waals surface area contributed by atoms with Gasteiger partial charge in [0.2, 0.25) is 5.91 Å². The van der Waals surface area contributed by atoms with Crippen LogP contribution < -0.4 is 10.1 Å². The molecule has 0 aliphatic rings. The van der Waals surface area contributed by atoms with Crippen LogP contribution in [-0.4, -0.2) is 18.0 Å². The van der Waals surface area contributed by atoms with Gasteiger partial charge in [0.1, 0.15) is 5.75 Å². The highest BCUT2D eigenvalue weighted by Crippen LogP contribution is 2.28. The largest absolute Gasteiger partial charge is 0.495 e. The third kappa shape index (κ3) is 4.41. The Hall–Kier alpha value is -2.85. The Kier molecular flexibility index (Phi) is 5.87. The number of nitrogens with zero attached hydrogens (tertiary/aromatic N) is 1. The Balaban J connectivity index is 1.89. The van der Waals surface area contributed by atoms with Gasteiger partial charge in [-0.25, -0.2) is 0 Å². The molecule has 5 heteroatoms. The van der Waals surface area contributed by atoms with E-state index in [1.165, 1.54) is 0 Å². The Morgan fingerprint density at radius 1 is 1.12 bits per heavy atom. The first kappa shape index (κ1) is 18.0. The highest BCUT2D eigenvalue weighted by Gasteiger charge is 2.22. The fourth-order valence-electron chi connectivity index (χ4n) is 2.78. The van der Waals surface area contributed by atoms with Gasteiger partial charge in [-0.05, 0) is 47.9 Å². The summed E-state index contributed by atoms with van der Waals surface area (Å²) in [6.45, 7) is 0. The zero-order chi connectivity index (χ0) is 18.4. The van der Waals surface area contributed by atoms with Gasteiger partial charge in [0.15, 0.2) is 0 Å². The van der Waals surface area contributed by atoms with E-state index in [0.29, 0.717) is 22.9 Å². The maximum Gasteiger partial charge on any atom is 0.232 e. The molecule has 1 amide bonds. The monoisotopic (exact) mass is 366 g/mol. The predicted molar refractivity (Wildman–Crippen MR) is 104 cm³/mol. The van der Waals surface area contributed by atoms with Crippen LogP contribution in [0.3, 0.4) is 0 Å². The summed E-state index contributed by atoms with van der Waals surface area (Å²) < 4.78 is 5.32. The second kappa shape index (κ2) is 8.50.